The van der Waals surface area contributed by atoms with Gasteiger partial charge < -0.3 is 10.1 Å². The zero-order valence-electron chi connectivity index (χ0n) is 14.9. The number of ether oxygens (including phenoxy) is 1. The maximum Gasteiger partial charge on any atom is 0.308 e. The van der Waals surface area contributed by atoms with Crippen molar-refractivity contribution in [2.75, 3.05) is 5.32 Å². The number of rotatable bonds is 5. The van der Waals surface area contributed by atoms with E-state index in [4.69, 9.17) is 4.74 Å². The zero-order valence-corrected chi connectivity index (χ0v) is 16.4. The third-order valence-electron chi connectivity index (χ3n) is 3.55. The minimum atomic E-state index is -0.653. The number of carbonyl (C=O) groups excluding carboxylic acids is 2. The number of halogens is 1. The van der Waals surface area contributed by atoms with Crippen molar-refractivity contribution in [3.05, 3.63) is 67.7 Å². The van der Waals surface area contributed by atoms with Crippen LogP contribution in [0.2, 0.25) is 0 Å². The van der Waals surface area contributed by atoms with Crippen LogP contribution in [0.15, 0.2) is 46.4 Å². The fourth-order valence-electron chi connectivity index (χ4n) is 2.25. The fraction of sp³-hybridized carbons (Fsp3) is 0.105. The molecule has 8 nitrogen and oxygen atoms in total. The van der Waals surface area contributed by atoms with E-state index >= 15 is 0 Å². The lowest BCUT2D eigenvalue weighted by Gasteiger charge is -2.08. The highest BCUT2D eigenvalue weighted by Crippen LogP contribution is 2.27. The molecule has 9 heteroatoms. The number of esters is 1. The van der Waals surface area contributed by atoms with Crippen LogP contribution in [0, 0.1) is 28.4 Å². The molecule has 142 valence electrons. The number of nitrogens with zero attached hydrogens (tertiary/aromatic N) is 2. The first-order valence-corrected chi connectivity index (χ1v) is 8.66. The van der Waals surface area contributed by atoms with Crippen molar-refractivity contribution in [1.29, 1.82) is 5.26 Å². The van der Waals surface area contributed by atoms with E-state index in [0.717, 1.165) is 0 Å². The molecule has 0 aliphatic rings. The van der Waals surface area contributed by atoms with Crippen LogP contribution in [-0.2, 0) is 9.59 Å². The van der Waals surface area contributed by atoms with Gasteiger partial charge in [0.2, 0.25) is 0 Å². The van der Waals surface area contributed by atoms with E-state index in [1.165, 1.54) is 37.3 Å². The Morgan fingerprint density at radius 2 is 2.00 bits per heavy atom. The van der Waals surface area contributed by atoms with Crippen LogP contribution in [0.3, 0.4) is 0 Å². The number of nitro groups is 1. The van der Waals surface area contributed by atoms with Gasteiger partial charge in [0.25, 0.3) is 11.6 Å². The van der Waals surface area contributed by atoms with E-state index < -0.39 is 16.8 Å². The number of anilines is 1. The molecule has 0 heterocycles. The number of nitrogens with one attached hydrogen (secondary N) is 1. The quantitative estimate of drug-likeness (QED) is 0.185. The first kappa shape index (κ1) is 20.8. The van der Waals surface area contributed by atoms with Crippen LogP contribution in [0.25, 0.3) is 6.08 Å². The molecule has 0 spiro atoms. The largest absolute Gasteiger partial charge is 0.426 e. The van der Waals surface area contributed by atoms with Gasteiger partial charge in [0.1, 0.15) is 17.4 Å². The maximum atomic E-state index is 12.4. The van der Waals surface area contributed by atoms with Crippen LogP contribution in [0.1, 0.15) is 18.1 Å². The van der Waals surface area contributed by atoms with Crippen LogP contribution >= 0.6 is 15.9 Å². The van der Waals surface area contributed by atoms with E-state index in [1.807, 2.05) is 6.07 Å². The Morgan fingerprint density at radius 1 is 1.29 bits per heavy atom. The third kappa shape index (κ3) is 5.25. The van der Waals surface area contributed by atoms with Crippen molar-refractivity contribution < 1.29 is 19.2 Å². The summed E-state index contributed by atoms with van der Waals surface area (Å²) < 4.78 is 5.49. The smallest absolute Gasteiger partial charge is 0.308 e. The highest BCUT2D eigenvalue weighted by Gasteiger charge is 2.14. The van der Waals surface area contributed by atoms with Gasteiger partial charge in [-0.1, -0.05) is 6.07 Å². The SMILES string of the molecule is CC(=O)Oc1ccc(/C=C(\C#N)C(=O)Nc2ccc([N+](=O)[O-])cc2C)cc1Br. The van der Waals surface area contributed by atoms with Gasteiger partial charge in [-0.3, -0.25) is 19.7 Å². The summed E-state index contributed by atoms with van der Waals surface area (Å²) in [5, 5.41) is 22.7. The number of hydrogen-bond acceptors (Lipinski definition) is 6. The van der Waals surface area contributed by atoms with E-state index in [0.29, 0.717) is 27.0 Å². The summed E-state index contributed by atoms with van der Waals surface area (Å²) >= 11 is 3.26. The molecule has 2 rings (SSSR count). The summed E-state index contributed by atoms with van der Waals surface area (Å²) in [5.41, 5.74) is 1.14. The lowest BCUT2D eigenvalue weighted by atomic mass is 10.1. The van der Waals surface area contributed by atoms with Gasteiger partial charge in [-0.2, -0.15) is 5.26 Å². The van der Waals surface area contributed by atoms with Gasteiger partial charge >= 0.3 is 5.97 Å². The Kier molecular flexibility index (Phi) is 6.63. The molecule has 1 amide bonds. The predicted molar refractivity (Wildman–Crippen MR) is 106 cm³/mol. The summed E-state index contributed by atoms with van der Waals surface area (Å²) in [6.45, 7) is 2.89. The Morgan fingerprint density at radius 3 is 2.54 bits per heavy atom. The summed E-state index contributed by atoms with van der Waals surface area (Å²) in [7, 11) is 0. The summed E-state index contributed by atoms with van der Waals surface area (Å²) in [6.07, 6.45) is 1.37. The van der Waals surface area contributed by atoms with E-state index in [1.54, 1.807) is 19.1 Å². The van der Waals surface area contributed by atoms with Crippen LogP contribution in [-0.4, -0.2) is 16.8 Å². The monoisotopic (exact) mass is 443 g/mol. The highest BCUT2D eigenvalue weighted by atomic mass is 79.9. The van der Waals surface area contributed by atoms with E-state index in [9.17, 15) is 25.0 Å². The average Bonchev–Trinajstić information content (AvgIpc) is 2.62. The van der Waals surface area contributed by atoms with Gasteiger partial charge in [-0.05, 0) is 58.3 Å². The summed E-state index contributed by atoms with van der Waals surface area (Å²) in [6, 6.07) is 10.5. The molecule has 0 aliphatic heterocycles. The normalized spacial score (nSPS) is 10.7. The molecule has 0 radical (unpaired) electrons. The lowest BCUT2D eigenvalue weighted by Crippen LogP contribution is -2.14. The van der Waals surface area contributed by atoms with Gasteiger partial charge in [0.05, 0.1) is 9.40 Å². The average molecular weight is 444 g/mol. The highest BCUT2D eigenvalue weighted by molar-refractivity contribution is 9.10. The minimum Gasteiger partial charge on any atom is -0.426 e. The van der Waals surface area contributed by atoms with Crippen molar-refractivity contribution >= 4 is 45.3 Å². The molecule has 0 aliphatic carbocycles. The number of nitriles is 1. The van der Waals surface area contributed by atoms with Crippen molar-refractivity contribution in [2.45, 2.75) is 13.8 Å². The second kappa shape index (κ2) is 8.92. The van der Waals surface area contributed by atoms with Gasteiger partial charge in [0, 0.05) is 24.7 Å². The van der Waals surface area contributed by atoms with E-state index in [2.05, 4.69) is 21.2 Å². The molecule has 0 fully saturated rings. The van der Waals surface area contributed by atoms with Gasteiger partial charge in [-0.15, -0.1) is 0 Å². The Labute approximate surface area is 168 Å². The molecular formula is C19H14BrN3O5. The minimum absolute atomic E-state index is 0.0933. The first-order valence-electron chi connectivity index (χ1n) is 7.87. The molecule has 0 saturated heterocycles. The van der Waals surface area contributed by atoms with Crippen molar-refractivity contribution in [1.82, 2.24) is 0 Å². The van der Waals surface area contributed by atoms with Crippen molar-refractivity contribution in [3.8, 4) is 11.8 Å². The summed E-state index contributed by atoms with van der Waals surface area (Å²) in [4.78, 5) is 33.7. The second-order valence-electron chi connectivity index (χ2n) is 5.66. The van der Waals surface area contributed by atoms with Gasteiger partial charge in [0.15, 0.2) is 0 Å². The lowest BCUT2D eigenvalue weighted by molar-refractivity contribution is -0.384. The predicted octanol–water partition coefficient (Wildman–Crippen LogP) is 4.14. The molecule has 0 aromatic heterocycles. The third-order valence-corrected chi connectivity index (χ3v) is 4.17. The molecule has 0 bridgehead atoms. The van der Waals surface area contributed by atoms with Crippen molar-refractivity contribution in [2.24, 2.45) is 0 Å². The molecule has 0 atom stereocenters. The Bertz CT molecular complexity index is 1040. The number of hydrogen-bond donors (Lipinski definition) is 1. The molecule has 28 heavy (non-hydrogen) atoms. The second-order valence-corrected chi connectivity index (χ2v) is 6.52. The van der Waals surface area contributed by atoms with Gasteiger partial charge in [-0.25, -0.2) is 0 Å². The standard InChI is InChI=1S/C19H14BrN3O5/c1-11-7-15(23(26)27)4-5-17(11)22-19(25)14(10-21)8-13-3-6-18(16(20)9-13)28-12(2)24/h3-9H,1-2H3,(H,22,25)/b14-8+. The number of carbonyl (C=O) groups is 2. The zero-order chi connectivity index (χ0) is 20.8. The Balaban J connectivity index is 2.24. The summed E-state index contributed by atoms with van der Waals surface area (Å²) in [5.74, 6) is -0.812. The van der Waals surface area contributed by atoms with E-state index in [-0.39, 0.29) is 11.3 Å². The molecule has 2 aromatic carbocycles. The molecule has 0 saturated carbocycles. The fourth-order valence-corrected chi connectivity index (χ4v) is 2.73. The first-order chi connectivity index (χ1) is 13.2. The number of non-ortho nitro benzene ring substituents is 1. The van der Waals surface area contributed by atoms with Crippen LogP contribution < -0.4 is 10.1 Å². The number of benzene rings is 2. The molecule has 2 aromatic rings. The molecular weight excluding hydrogens is 430 g/mol. The van der Waals surface area contributed by atoms with Crippen LogP contribution in [0.5, 0.6) is 5.75 Å². The number of aryl methyl sites for hydroxylation is 1. The number of nitro benzene ring substituents is 1. The topological polar surface area (TPSA) is 122 Å². The number of amides is 1. The maximum absolute atomic E-state index is 12.4. The molecule has 0 unspecified atom stereocenters. The van der Waals surface area contributed by atoms with Crippen LogP contribution in [0.4, 0.5) is 11.4 Å². The van der Waals surface area contributed by atoms with Crippen molar-refractivity contribution in [3.63, 3.8) is 0 Å². The molecule has 1 N–H and O–H groups in total. The Hall–Kier alpha value is -3.51.